The summed E-state index contributed by atoms with van der Waals surface area (Å²) in [5.41, 5.74) is 3.01. The fourth-order valence-corrected chi connectivity index (χ4v) is 1.33. The van der Waals surface area contributed by atoms with Crippen LogP contribution in [0.5, 0.6) is 0 Å². The quantitative estimate of drug-likeness (QED) is 0.668. The van der Waals surface area contributed by atoms with Gasteiger partial charge in [-0.2, -0.15) is 5.10 Å². The molecule has 1 amide bonds. The number of amides is 1. The van der Waals surface area contributed by atoms with Crippen LogP contribution >= 0.6 is 0 Å². The second kappa shape index (κ2) is 5.27. The molecule has 0 atom stereocenters. The van der Waals surface area contributed by atoms with Gasteiger partial charge < -0.3 is 4.42 Å². The first-order valence-electron chi connectivity index (χ1n) is 5.30. The number of hydrazone groups is 1. The number of halogens is 1. The van der Waals surface area contributed by atoms with Crippen molar-refractivity contribution in [1.82, 2.24) is 5.43 Å². The molecule has 0 bridgehead atoms. The topological polar surface area (TPSA) is 54.6 Å². The molecular weight excluding hydrogens is 235 g/mol. The van der Waals surface area contributed by atoms with Gasteiger partial charge >= 0.3 is 5.91 Å². The molecule has 1 aromatic heterocycles. The molecule has 1 N–H and O–H groups in total. The molecule has 0 fully saturated rings. The summed E-state index contributed by atoms with van der Waals surface area (Å²) in [6, 6.07) is 9.01. The van der Waals surface area contributed by atoms with Gasteiger partial charge in [-0.1, -0.05) is 12.1 Å². The van der Waals surface area contributed by atoms with E-state index in [1.165, 1.54) is 18.3 Å². The van der Waals surface area contributed by atoms with E-state index in [9.17, 15) is 9.18 Å². The number of carbonyl (C=O) groups excluding carboxylic acids is 1. The molecule has 0 radical (unpaired) electrons. The summed E-state index contributed by atoms with van der Waals surface area (Å²) in [4.78, 5) is 11.5. The van der Waals surface area contributed by atoms with Crippen LogP contribution in [0.2, 0.25) is 0 Å². The van der Waals surface area contributed by atoms with E-state index in [1.54, 1.807) is 31.2 Å². The van der Waals surface area contributed by atoms with Crippen LogP contribution < -0.4 is 5.43 Å². The molecule has 0 aliphatic rings. The van der Waals surface area contributed by atoms with Gasteiger partial charge in [-0.25, -0.2) is 9.82 Å². The average Bonchev–Trinajstić information content (AvgIpc) is 2.78. The zero-order valence-electron chi connectivity index (χ0n) is 9.68. The summed E-state index contributed by atoms with van der Waals surface area (Å²) in [6.07, 6.45) is 1.42. The van der Waals surface area contributed by atoms with E-state index in [-0.39, 0.29) is 11.6 Å². The van der Waals surface area contributed by atoms with E-state index in [0.717, 1.165) is 0 Å². The highest BCUT2D eigenvalue weighted by Gasteiger charge is 2.07. The maximum Gasteiger partial charge on any atom is 0.307 e. The van der Waals surface area contributed by atoms with E-state index in [4.69, 9.17) is 4.42 Å². The third-order valence-electron chi connectivity index (χ3n) is 2.21. The van der Waals surface area contributed by atoms with Gasteiger partial charge in [0.2, 0.25) is 0 Å². The Hall–Kier alpha value is -2.43. The van der Waals surface area contributed by atoms with E-state index in [0.29, 0.717) is 11.3 Å². The molecule has 0 aliphatic carbocycles. The summed E-state index contributed by atoms with van der Waals surface area (Å²) in [5.74, 6) is 0.107. The van der Waals surface area contributed by atoms with Crippen LogP contribution in [0.4, 0.5) is 4.39 Å². The molecule has 18 heavy (non-hydrogen) atoms. The van der Waals surface area contributed by atoms with Crippen molar-refractivity contribution < 1.29 is 13.6 Å². The summed E-state index contributed by atoms with van der Waals surface area (Å²) in [5, 5.41) is 3.75. The number of benzene rings is 1. The van der Waals surface area contributed by atoms with Gasteiger partial charge in [0.05, 0.1) is 6.21 Å². The van der Waals surface area contributed by atoms with Crippen molar-refractivity contribution >= 4 is 12.1 Å². The number of rotatable bonds is 3. The average molecular weight is 246 g/mol. The lowest BCUT2D eigenvalue weighted by molar-refractivity contribution is 0.0926. The van der Waals surface area contributed by atoms with E-state index < -0.39 is 5.91 Å². The highest BCUT2D eigenvalue weighted by molar-refractivity contribution is 5.92. The lowest BCUT2D eigenvalue weighted by Gasteiger charge is -1.95. The number of nitrogens with one attached hydrogen (secondary N) is 1. The van der Waals surface area contributed by atoms with Crippen molar-refractivity contribution in [3.63, 3.8) is 0 Å². The molecule has 5 heteroatoms. The number of carbonyl (C=O) groups is 1. The monoisotopic (exact) mass is 246 g/mol. The molecule has 1 heterocycles. The zero-order chi connectivity index (χ0) is 13.0. The maximum absolute atomic E-state index is 12.6. The zero-order valence-corrected chi connectivity index (χ0v) is 9.68. The molecule has 4 nitrogen and oxygen atoms in total. The number of hydrogen-bond acceptors (Lipinski definition) is 3. The predicted octanol–water partition coefficient (Wildman–Crippen LogP) is 2.49. The van der Waals surface area contributed by atoms with Crippen LogP contribution in [0.25, 0.3) is 0 Å². The molecule has 0 aliphatic heterocycles. The van der Waals surface area contributed by atoms with Crippen LogP contribution in [0.15, 0.2) is 45.9 Å². The van der Waals surface area contributed by atoms with Gasteiger partial charge in [0.25, 0.3) is 0 Å². The van der Waals surface area contributed by atoms with E-state index in [2.05, 4.69) is 10.5 Å². The van der Waals surface area contributed by atoms with Crippen molar-refractivity contribution in [2.45, 2.75) is 6.92 Å². The summed E-state index contributed by atoms with van der Waals surface area (Å²) < 4.78 is 17.8. The summed E-state index contributed by atoms with van der Waals surface area (Å²) in [6.45, 7) is 1.75. The molecule has 1 aromatic carbocycles. The van der Waals surface area contributed by atoms with Gasteiger partial charge in [-0.15, -0.1) is 0 Å². The van der Waals surface area contributed by atoms with Gasteiger partial charge in [-0.05, 0) is 36.8 Å². The number of hydrogen-bond donors (Lipinski definition) is 1. The Bertz CT molecular complexity index is 573. The van der Waals surface area contributed by atoms with Crippen LogP contribution in [0.3, 0.4) is 0 Å². The van der Waals surface area contributed by atoms with Crippen molar-refractivity contribution in [1.29, 1.82) is 0 Å². The fourth-order valence-electron chi connectivity index (χ4n) is 1.33. The highest BCUT2D eigenvalue weighted by Crippen LogP contribution is 2.05. The normalized spacial score (nSPS) is 10.8. The van der Waals surface area contributed by atoms with Gasteiger partial charge in [0.15, 0.2) is 5.76 Å². The van der Waals surface area contributed by atoms with Crippen LogP contribution in [-0.2, 0) is 0 Å². The largest absolute Gasteiger partial charge is 0.456 e. The molecule has 2 aromatic rings. The molecule has 2 rings (SSSR count). The maximum atomic E-state index is 12.6. The predicted molar refractivity (Wildman–Crippen MR) is 64.9 cm³/mol. The fraction of sp³-hybridized carbons (Fsp3) is 0.0769. The van der Waals surface area contributed by atoms with Crippen molar-refractivity contribution in [2.24, 2.45) is 5.10 Å². The lowest BCUT2D eigenvalue weighted by atomic mass is 10.2. The van der Waals surface area contributed by atoms with E-state index >= 15 is 0 Å². The Labute approximate surface area is 103 Å². The van der Waals surface area contributed by atoms with Gasteiger partial charge in [0, 0.05) is 0 Å². The molecular formula is C13H11FN2O2. The van der Waals surface area contributed by atoms with Crippen LogP contribution in [-0.4, -0.2) is 12.1 Å². The van der Waals surface area contributed by atoms with Crippen LogP contribution in [0.1, 0.15) is 21.9 Å². The first-order valence-corrected chi connectivity index (χ1v) is 5.30. The Morgan fingerprint density at radius 2 is 2.00 bits per heavy atom. The minimum atomic E-state index is -0.429. The Balaban J connectivity index is 1.95. The Kier molecular flexibility index (Phi) is 3.52. The smallest absolute Gasteiger partial charge is 0.307 e. The number of furan rings is 1. The standard InChI is InChI=1S/C13H11FN2O2/c1-9-2-7-12(18-9)13(17)16-15-8-10-3-5-11(14)6-4-10/h2-8H,1H3,(H,16,17). The number of nitrogens with zero attached hydrogens (tertiary/aromatic N) is 1. The third-order valence-corrected chi connectivity index (χ3v) is 2.21. The summed E-state index contributed by atoms with van der Waals surface area (Å²) >= 11 is 0. The third kappa shape index (κ3) is 3.04. The van der Waals surface area contributed by atoms with Crippen molar-refractivity contribution in [3.8, 4) is 0 Å². The van der Waals surface area contributed by atoms with Gasteiger partial charge in [-0.3, -0.25) is 4.79 Å². The minimum absolute atomic E-state index is 0.198. The van der Waals surface area contributed by atoms with Crippen molar-refractivity contribution in [2.75, 3.05) is 0 Å². The molecule has 0 saturated carbocycles. The SMILES string of the molecule is Cc1ccc(C(=O)NN=Cc2ccc(F)cc2)o1. The Morgan fingerprint density at radius 3 is 2.61 bits per heavy atom. The van der Waals surface area contributed by atoms with Crippen LogP contribution in [0, 0.1) is 12.7 Å². The van der Waals surface area contributed by atoms with Crippen molar-refractivity contribution in [3.05, 3.63) is 59.3 Å². The first-order chi connectivity index (χ1) is 8.65. The molecule has 92 valence electrons. The number of aryl methyl sites for hydroxylation is 1. The highest BCUT2D eigenvalue weighted by atomic mass is 19.1. The minimum Gasteiger partial charge on any atom is -0.456 e. The molecule has 0 unspecified atom stereocenters. The lowest BCUT2D eigenvalue weighted by Crippen LogP contribution is -2.16. The second-order valence-electron chi connectivity index (χ2n) is 3.66. The van der Waals surface area contributed by atoms with Gasteiger partial charge in [0.1, 0.15) is 11.6 Å². The first kappa shape index (κ1) is 12.0. The Morgan fingerprint density at radius 1 is 1.28 bits per heavy atom. The molecule has 0 saturated heterocycles. The second-order valence-corrected chi connectivity index (χ2v) is 3.66. The molecule has 0 spiro atoms. The summed E-state index contributed by atoms with van der Waals surface area (Å²) in [7, 11) is 0. The van der Waals surface area contributed by atoms with E-state index in [1.807, 2.05) is 0 Å².